The Morgan fingerprint density at radius 2 is 1.83 bits per heavy atom. The van der Waals surface area contributed by atoms with Gasteiger partial charge in [0.1, 0.15) is 6.04 Å². The molecule has 0 spiro atoms. The number of hydrogen-bond donors (Lipinski definition) is 2. The van der Waals surface area contributed by atoms with E-state index in [2.05, 4.69) is 12.4 Å². The van der Waals surface area contributed by atoms with E-state index in [0.717, 1.165) is 26.2 Å². The molecule has 1 aliphatic heterocycles. The second-order valence-electron chi connectivity index (χ2n) is 5.14. The molecule has 1 heterocycles. The molecule has 0 aromatic heterocycles. The van der Waals surface area contributed by atoms with Crippen molar-refractivity contribution in [3.05, 3.63) is 0 Å². The molecular formula is C12H24N3O3+. The third-order valence-electron chi connectivity index (χ3n) is 3.30. The molecule has 0 aromatic rings. The predicted octanol–water partition coefficient (Wildman–Crippen LogP) is -1.28. The molecule has 6 heteroatoms. The van der Waals surface area contributed by atoms with Crippen molar-refractivity contribution < 1.29 is 19.2 Å². The molecule has 2 N–H and O–H groups in total. The zero-order valence-electron chi connectivity index (χ0n) is 11.7. The van der Waals surface area contributed by atoms with Gasteiger partial charge in [0.05, 0.1) is 40.3 Å². The van der Waals surface area contributed by atoms with Crippen LogP contribution in [0, 0.1) is 5.92 Å². The number of carbonyl (C=O) groups is 2. The maximum atomic E-state index is 12.0. The zero-order valence-corrected chi connectivity index (χ0v) is 11.7. The van der Waals surface area contributed by atoms with Crippen LogP contribution in [0.25, 0.3) is 0 Å². The summed E-state index contributed by atoms with van der Waals surface area (Å²) < 4.78 is 4.70. The average Bonchev–Trinajstić information content (AvgIpc) is 2.35. The van der Waals surface area contributed by atoms with Crippen LogP contribution >= 0.6 is 0 Å². The number of likely N-dealkylation sites (N-methyl/N-ethyl adjacent to an activating group) is 1. The summed E-state index contributed by atoms with van der Waals surface area (Å²) in [6, 6.07) is -0.749. The van der Waals surface area contributed by atoms with E-state index in [-0.39, 0.29) is 11.9 Å². The van der Waals surface area contributed by atoms with Crippen molar-refractivity contribution in [3.63, 3.8) is 0 Å². The van der Waals surface area contributed by atoms with Crippen LogP contribution in [0.2, 0.25) is 0 Å². The number of hydrogen-bond acceptors (Lipinski definition) is 3. The van der Waals surface area contributed by atoms with E-state index in [4.69, 9.17) is 4.74 Å². The van der Waals surface area contributed by atoms with Gasteiger partial charge < -0.3 is 19.9 Å². The smallest absolute Gasteiger partial charge is 0.328 e. The van der Waals surface area contributed by atoms with Gasteiger partial charge in [-0.3, -0.25) is 0 Å². The summed E-state index contributed by atoms with van der Waals surface area (Å²) >= 11 is 0. The number of esters is 1. The second kappa shape index (κ2) is 6.58. The Morgan fingerprint density at radius 1 is 1.28 bits per heavy atom. The van der Waals surface area contributed by atoms with E-state index in [1.54, 1.807) is 4.90 Å². The zero-order chi connectivity index (χ0) is 13.7. The normalized spacial score (nSPS) is 18.6. The molecule has 1 atom stereocenters. The molecule has 0 bridgehead atoms. The third kappa shape index (κ3) is 3.87. The molecule has 1 saturated heterocycles. The van der Waals surface area contributed by atoms with E-state index in [1.807, 2.05) is 13.8 Å². The lowest BCUT2D eigenvalue weighted by Gasteiger charge is -2.31. The van der Waals surface area contributed by atoms with Gasteiger partial charge in [-0.2, -0.15) is 0 Å². The fourth-order valence-corrected chi connectivity index (χ4v) is 1.94. The average molecular weight is 258 g/mol. The van der Waals surface area contributed by atoms with E-state index in [1.165, 1.54) is 12.0 Å². The first-order valence-electron chi connectivity index (χ1n) is 6.40. The highest BCUT2D eigenvalue weighted by molar-refractivity contribution is 5.83. The molecule has 0 radical (unpaired) electrons. The SMILES string of the molecule is COC(=O)[C@@H](NC(=O)N1CC[NH+](C)CC1)C(C)C. The van der Waals surface area contributed by atoms with Crippen molar-refractivity contribution in [3.8, 4) is 0 Å². The summed E-state index contributed by atoms with van der Waals surface area (Å²) in [6.07, 6.45) is 0. The Hall–Kier alpha value is -1.30. The first-order valence-corrected chi connectivity index (χ1v) is 6.40. The Morgan fingerprint density at radius 3 is 2.28 bits per heavy atom. The number of piperazine rings is 1. The lowest BCUT2D eigenvalue weighted by molar-refractivity contribution is -0.883. The van der Waals surface area contributed by atoms with E-state index >= 15 is 0 Å². The van der Waals surface area contributed by atoms with Crippen LogP contribution in [-0.2, 0) is 9.53 Å². The Balaban J connectivity index is 2.53. The fraction of sp³-hybridized carbons (Fsp3) is 0.833. The molecule has 0 aliphatic carbocycles. The predicted molar refractivity (Wildman–Crippen MR) is 67.4 cm³/mol. The standard InChI is InChI=1S/C12H23N3O3/c1-9(2)10(11(16)18-4)13-12(17)15-7-5-14(3)6-8-15/h9-10H,5-8H2,1-4H3,(H,13,17)/p+1/t10-/m0/s1. The number of rotatable bonds is 3. The van der Waals surface area contributed by atoms with Gasteiger partial charge in [-0.15, -0.1) is 0 Å². The van der Waals surface area contributed by atoms with Gasteiger partial charge in [0.15, 0.2) is 0 Å². The highest BCUT2D eigenvalue weighted by Crippen LogP contribution is 2.04. The largest absolute Gasteiger partial charge is 0.467 e. The lowest BCUT2D eigenvalue weighted by Crippen LogP contribution is -3.12. The summed E-state index contributed by atoms with van der Waals surface area (Å²) in [6.45, 7) is 7.11. The molecular weight excluding hydrogens is 234 g/mol. The quantitative estimate of drug-likeness (QED) is 0.620. The van der Waals surface area contributed by atoms with Crippen molar-refractivity contribution in [1.29, 1.82) is 0 Å². The van der Waals surface area contributed by atoms with Gasteiger partial charge >= 0.3 is 12.0 Å². The lowest BCUT2D eigenvalue weighted by atomic mass is 10.1. The minimum atomic E-state index is -0.575. The number of urea groups is 1. The first kappa shape index (κ1) is 14.8. The molecule has 18 heavy (non-hydrogen) atoms. The van der Waals surface area contributed by atoms with Gasteiger partial charge in [-0.1, -0.05) is 13.8 Å². The maximum Gasteiger partial charge on any atom is 0.328 e. The maximum absolute atomic E-state index is 12.0. The van der Waals surface area contributed by atoms with Gasteiger partial charge in [-0.05, 0) is 5.92 Å². The van der Waals surface area contributed by atoms with Crippen LogP contribution in [0.15, 0.2) is 0 Å². The topological polar surface area (TPSA) is 63.1 Å². The fourth-order valence-electron chi connectivity index (χ4n) is 1.94. The first-order chi connectivity index (χ1) is 8.45. The van der Waals surface area contributed by atoms with E-state index < -0.39 is 12.0 Å². The van der Waals surface area contributed by atoms with Crippen LogP contribution in [0.4, 0.5) is 4.79 Å². The van der Waals surface area contributed by atoms with Crippen LogP contribution in [-0.4, -0.2) is 63.3 Å². The minimum absolute atomic E-state index is 0.0134. The second-order valence-corrected chi connectivity index (χ2v) is 5.14. The molecule has 1 rings (SSSR count). The van der Waals surface area contributed by atoms with Crippen molar-refractivity contribution >= 4 is 12.0 Å². The summed E-state index contributed by atoms with van der Waals surface area (Å²) in [5, 5.41) is 2.75. The van der Waals surface area contributed by atoms with Crippen molar-refractivity contribution in [2.45, 2.75) is 19.9 Å². The molecule has 0 saturated carbocycles. The van der Waals surface area contributed by atoms with E-state index in [0.29, 0.717) is 0 Å². The Labute approximate surface area is 108 Å². The highest BCUT2D eigenvalue weighted by Gasteiger charge is 2.28. The van der Waals surface area contributed by atoms with Crippen LogP contribution < -0.4 is 10.2 Å². The molecule has 0 aromatic carbocycles. The molecule has 1 aliphatic rings. The monoisotopic (exact) mass is 258 g/mol. The number of ether oxygens (including phenoxy) is 1. The molecule has 0 unspecified atom stereocenters. The van der Waals surface area contributed by atoms with Gasteiger partial charge in [0.2, 0.25) is 0 Å². The summed E-state index contributed by atoms with van der Waals surface area (Å²) in [5.74, 6) is -0.377. The van der Waals surface area contributed by atoms with Crippen LogP contribution in [0.1, 0.15) is 13.8 Å². The Bertz CT molecular complexity index is 299. The van der Waals surface area contributed by atoms with E-state index in [9.17, 15) is 9.59 Å². The molecule has 104 valence electrons. The molecule has 1 fully saturated rings. The van der Waals surface area contributed by atoms with Crippen LogP contribution in [0.3, 0.4) is 0 Å². The van der Waals surface area contributed by atoms with Crippen molar-refractivity contribution in [1.82, 2.24) is 10.2 Å². The number of quaternary nitrogens is 1. The highest BCUT2D eigenvalue weighted by atomic mass is 16.5. The molecule has 2 amide bonds. The summed E-state index contributed by atoms with van der Waals surface area (Å²) in [4.78, 5) is 26.8. The minimum Gasteiger partial charge on any atom is -0.467 e. The van der Waals surface area contributed by atoms with Crippen molar-refractivity contribution in [2.75, 3.05) is 40.3 Å². The number of methoxy groups -OCH3 is 1. The third-order valence-corrected chi connectivity index (χ3v) is 3.30. The number of amides is 2. The number of carbonyl (C=O) groups excluding carboxylic acids is 2. The summed E-state index contributed by atoms with van der Waals surface area (Å²) in [7, 11) is 3.45. The van der Waals surface area contributed by atoms with Crippen molar-refractivity contribution in [2.24, 2.45) is 5.92 Å². The Kier molecular flexibility index (Phi) is 5.40. The number of nitrogens with zero attached hydrogens (tertiary/aromatic N) is 1. The van der Waals surface area contributed by atoms with Crippen LogP contribution in [0.5, 0.6) is 0 Å². The number of nitrogens with one attached hydrogen (secondary N) is 2. The van der Waals surface area contributed by atoms with Gasteiger partial charge in [0.25, 0.3) is 0 Å². The molecule has 6 nitrogen and oxygen atoms in total. The van der Waals surface area contributed by atoms with Gasteiger partial charge in [-0.25, -0.2) is 9.59 Å². The summed E-state index contributed by atoms with van der Waals surface area (Å²) in [5.41, 5.74) is 0. The van der Waals surface area contributed by atoms with Gasteiger partial charge in [0, 0.05) is 0 Å².